The standard InChI is InChI=1S/C21H20N2O6/c22-21(27)16-4-1-2-5-18(16)28-13-20(26)29-12-17(24)14-7-9-15(10-8-14)23-11-3-6-19(23)25/h1-2,4-5,7-10H,3,6,11-13H2,(H2,22,27). The van der Waals surface area contributed by atoms with Crippen LogP contribution in [0.3, 0.4) is 0 Å². The molecule has 2 N–H and O–H groups in total. The molecule has 3 rings (SSSR count). The predicted octanol–water partition coefficient (Wildman–Crippen LogP) is 1.72. The van der Waals surface area contributed by atoms with Gasteiger partial charge >= 0.3 is 5.97 Å². The van der Waals surface area contributed by atoms with Gasteiger partial charge in [0.1, 0.15) is 5.75 Å². The molecular weight excluding hydrogens is 376 g/mol. The van der Waals surface area contributed by atoms with Gasteiger partial charge in [0.05, 0.1) is 5.56 Å². The molecule has 1 saturated heterocycles. The van der Waals surface area contributed by atoms with Crippen LogP contribution < -0.4 is 15.4 Å². The molecule has 8 heteroatoms. The first-order valence-corrected chi connectivity index (χ1v) is 9.06. The second-order valence-corrected chi connectivity index (χ2v) is 6.43. The SMILES string of the molecule is NC(=O)c1ccccc1OCC(=O)OCC(=O)c1ccc(N2CCCC2=O)cc1. The summed E-state index contributed by atoms with van der Waals surface area (Å²) < 4.78 is 10.2. The fraction of sp³-hybridized carbons (Fsp3) is 0.238. The van der Waals surface area contributed by atoms with Gasteiger partial charge < -0.3 is 20.1 Å². The van der Waals surface area contributed by atoms with Gasteiger partial charge in [-0.2, -0.15) is 0 Å². The molecule has 0 unspecified atom stereocenters. The molecule has 1 fully saturated rings. The zero-order valence-electron chi connectivity index (χ0n) is 15.6. The number of carbonyl (C=O) groups is 4. The maximum atomic E-state index is 12.2. The fourth-order valence-electron chi connectivity index (χ4n) is 2.95. The molecule has 150 valence electrons. The number of carbonyl (C=O) groups excluding carboxylic acids is 4. The van der Waals surface area contributed by atoms with Crippen LogP contribution in [0.2, 0.25) is 0 Å². The van der Waals surface area contributed by atoms with Crippen LogP contribution in [0, 0.1) is 0 Å². The molecule has 0 atom stereocenters. The third-order valence-corrected chi connectivity index (χ3v) is 4.44. The van der Waals surface area contributed by atoms with Crippen LogP contribution in [-0.4, -0.2) is 43.3 Å². The molecule has 0 spiro atoms. The third-order valence-electron chi connectivity index (χ3n) is 4.44. The van der Waals surface area contributed by atoms with Crippen molar-refractivity contribution in [2.45, 2.75) is 12.8 Å². The average molecular weight is 396 g/mol. The first-order chi connectivity index (χ1) is 14.0. The minimum Gasteiger partial charge on any atom is -0.481 e. The Hall–Kier alpha value is -3.68. The topological polar surface area (TPSA) is 116 Å². The van der Waals surface area contributed by atoms with Gasteiger partial charge in [0.25, 0.3) is 5.91 Å². The maximum Gasteiger partial charge on any atom is 0.344 e. The number of hydrogen-bond donors (Lipinski definition) is 1. The van der Waals surface area contributed by atoms with E-state index in [2.05, 4.69) is 0 Å². The number of rotatable bonds is 8. The van der Waals surface area contributed by atoms with Gasteiger partial charge in [-0.1, -0.05) is 12.1 Å². The predicted molar refractivity (Wildman–Crippen MR) is 104 cm³/mol. The summed E-state index contributed by atoms with van der Waals surface area (Å²) in [6.45, 7) is -0.238. The Morgan fingerprint density at radius 2 is 1.72 bits per heavy atom. The van der Waals surface area contributed by atoms with Crippen LogP contribution in [0.4, 0.5) is 5.69 Å². The Morgan fingerprint density at radius 3 is 2.38 bits per heavy atom. The van der Waals surface area contributed by atoms with Crippen molar-refractivity contribution in [1.82, 2.24) is 0 Å². The van der Waals surface area contributed by atoms with Crippen LogP contribution in [-0.2, 0) is 14.3 Å². The molecule has 2 aromatic carbocycles. The second kappa shape index (κ2) is 9.01. The van der Waals surface area contributed by atoms with E-state index in [-0.39, 0.29) is 23.0 Å². The monoisotopic (exact) mass is 396 g/mol. The van der Waals surface area contributed by atoms with Crippen molar-refractivity contribution < 1.29 is 28.7 Å². The van der Waals surface area contributed by atoms with E-state index in [1.54, 1.807) is 41.3 Å². The largest absolute Gasteiger partial charge is 0.481 e. The summed E-state index contributed by atoms with van der Waals surface area (Å²) in [6.07, 6.45) is 1.35. The van der Waals surface area contributed by atoms with E-state index >= 15 is 0 Å². The van der Waals surface area contributed by atoms with Crippen molar-refractivity contribution in [3.8, 4) is 5.75 Å². The number of ether oxygens (including phenoxy) is 2. The third kappa shape index (κ3) is 4.98. The Labute approximate surface area is 167 Å². The first kappa shape index (κ1) is 20.1. The zero-order valence-corrected chi connectivity index (χ0v) is 15.6. The lowest BCUT2D eigenvalue weighted by Crippen LogP contribution is -2.23. The summed E-state index contributed by atoms with van der Waals surface area (Å²) in [5.74, 6) is -1.58. The van der Waals surface area contributed by atoms with Gasteiger partial charge in [0.2, 0.25) is 5.91 Å². The van der Waals surface area contributed by atoms with Crippen molar-refractivity contribution >= 4 is 29.3 Å². The highest BCUT2D eigenvalue weighted by atomic mass is 16.6. The van der Waals surface area contributed by atoms with Gasteiger partial charge in [-0.3, -0.25) is 14.4 Å². The van der Waals surface area contributed by atoms with E-state index in [4.69, 9.17) is 15.2 Å². The molecule has 2 aromatic rings. The molecule has 0 aliphatic carbocycles. The molecule has 8 nitrogen and oxygen atoms in total. The number of anilines is 1. The quantitative estimate of drug-likeness (QED) is 0.536. The van der Waals surface area contributed by atoms with Crippen LogP contribution >= 0.6 is 0 Å². The van der Waals surface area contributed by atoms with E-state index in [9.17, 15) is 19.2 Å². The minimum atomic E-state index is -0.753. The van der Waals surface area contributed by atoms with E-state index in [1.807, 2.05) is 0 Å². The Kier molecular flexibility index (Phi) is 6.23. The maximum absolute atomic E-state index is 12.2. The number of Topliss-reactive ketones (excluding diaryl/α,β-unsaturated/α-hetero) is 1. The minimum absolute atomic E-state index is 0.0657. The molecular formula is C21H20N2O6. The average Bonchev–Trinajstić information content (AvgIpc) is 3.16. The number of amides is 2. The summed E-state index contributed by atoms with van der Waals surface area (Å²) in [7, 11) is 0. The first-order valence-electron chi connectivity index (χ1n) is 9.06. The number of nitrogens with zero attached hydrogens (tertiary/aromatic N) is 1. The van der Waals surface area contributed by atoms with E-state index in [0.29, 0.717) is 18.5 Å². The summed E-state index contributed by atoms with van der Waals surface area (Å²) in [6, 6.07) is 12.8. The highest BCUT2D eigenvalue weighted by Gasteiger charge is 2.21. The molecule has 2 amide bonds. The number of benzene rings is 2. The molecule has 0 aromatic heterocycles. The van der Waals surface area contributed by atoms with Crippen LogP contribution in [0.25, 0.3) is 0 Å². The number of ketones is 1. The number of hydrogen-bond acceptors (Lipinski definition) is 6. The van der Waals surface area contributed by atoms with Crippen molar-refractivity contribution in [3.05, 3.63) is 59.7 Å². The number of esters is 1. The lowest BCUT2D eigenvalue weighted by Gasteiger charge is -2.15. The zero-order chi connectivity index (χ0) is 20.8. The van der Waals surface area contributed by atoms with Gasteiger partial charge in [0, 0.05) is 24.2 Å². The van der Waals surface area contributed by atoms with Crippen molar-refractivity contribution in [1.29, 1.82) is 0 Å². The lowest BCUT2D eigenvalue weighted by atomic mass is 10.1. The fourth-order valence-corrected chi connectivity index (χ4v) is 2.95. The Balaban J connectivity index is 1.49. The smallest absolute Gasteiger partial charge is 0.344 e. The Bertz CT molecular complexity index is 938. The van der Waals surface area contributed by atoms with E-state index in [1.165, 1.54) is 12.1 Å². The van der Waals surface area contributed by atoms with Crippen LogP contribution in [0.5, 0.6) is 5.75 Å². The van der Waals surface area contributed by atoms with E-state index in [0.717, 1.165) is 12.1 Å². The molecule has 0 bridgehead atoms. The molecule has 0 saturated carbocycles. The Morgan fingerprint density at radius 1 is 1.00 bits per heavy atom. The summed E-state index contributed by atoms with van der Waals surface area (Å²) in [4.78, 5) is 48.8. The number of nitrogens with two attached hydrogens (primary N) is 1. The summed E-state index contributed by atoms with van der Waals surface area (Å²) >= 11 is 0. The molecule has 1 heterocycles. The highest BCUT2D eigenvalue weighted by Crippen LogP contribution is 2.22. The van der Waals surface area contributed by atoms with Crippen molar-refractivity contribution in [2.75, 3.05) is 24.7 Å². The van der Waals surface area contributed by atoms with Gasteiger partial charge in [-0.25, -0.2) is 4.79 Å². The molecule has 1 aliphatic rings. The number of para-hydroxylation sites is 1. The van der Waals surface area contributed by atoms with Gasteiger partial charge in [-0.15, -0.1) is 0 Å². The summed E-state index contributed by atoms with van der Waals surface area (Å²) in [5.41, 5.74) is 6.49. The summed E-state index contributed by atoms with van der Waals surface area (Å²) in [5, 5.41) is 0. The normalized spacial score (nSPS) is 13.2. The number of primary amides is 1. The van der Waals surface area contributed by atoms with Gasteiger partial charge in [-0.05, 0) is 42.8 Å². The van der Waals surface area contributed by atoms with Crippen LogP contribution in [0.1, 0.15) is 33.6 Å². The van der Waals surface area contributed by atoms with Crippen molar-refractivity contribution in [3.63, 3.8) is 0 Å². The molecule has 29 heavy (non-hydrogen) atoms. The highest BCUT2D eigenvalue weighted by molar-refractivity contribution is 5.99. The van der Waals surface area contributed by atoms with Crippen LogP contribution in [0.15, 0.2) is 48.5 Å². The second-order valence-electron chi connectivity index (χ2n) is 6.43. The van der Waals surface area contributed by atoms with Gasteiger partial charge in [0.15, 0.2) is 19.0 Å². The van der Waals surface area contributed by atoms with Crippen molar-refractivity contribution in [2.24, 2.45) is 5.73 Å². The molecule has 1 aliphatic heterocycles. The lowest BCUT2D eigenvalue weighted by molar-refractivity contribution is -0.144. The van der Waals surface area contributed by atoms with E-state index < -0.39 is 25.1 Å². The molecule has 0 radical (unpaired) electrons.